The molecule has 3 N–H and O–H groups in total. The van der Waals surface area contributed by atoms with Crippen LogP contribution in [0.25, 0.3) is 0 Å². The lowest BCUT2D eigenvalue weighted by Crippen LogP contribution is -2.29. The zero-order valence-electron chi connectivity index (χ0n) is 10.3. The Kier molecular flexibility index (Phi) is 3.64. The van der Waals surface area contributed by atoms with Crippen molar-refractivity contribution >= 4 is 0 Å². The van der Waals surface area contributed by atoms with Gasteiger partial charge in [0.25, 0.3) is 0 Å². The Balaban J connectivity index is 2.44. The van der Waals surface area contributed by atoms with Crippen molar-refractivity contribution < 1.29 is 4.39 Å². The summed E-state index contributed by atoms with van der Waals surface area (Å²) in [6.07, 6.45) is 0. The first-order valence-corrected chi connectivity index (χ1v) is 5.64. The van der Waals surface area contributed by atoms with Crippen LogP contribution in [0.4, 0.5) is 4.39 Å². The van der Waals surface area contributed by atoms with Crippen LogP contribution in [-0.4, -0.2) is 10.2 Å². The summed E-state index contributed by atoms with van der Waals surface area (Å²) in [4.78, 5) is 0. The quantitative estimate of drug-likeness (QED) is 0.640. The van der Waals surface area contributed by atoms with Gasteiger partial charge in [0.05, 0.1) is 17.4 Å². The number of nitrogens with two attached hydrogens (primary N) is 1. The van der Waals surface area contributed by atoms with Crippen molar-refractivity contribution in [2.75, 3.05) is 0 Å². The van der Waals surface area contributed by atoms with Crippen LogP contribution in [0.1, 0.15) is 28.6 Å². The largest absolute Gasteiger partial charge is 0.271 e. The minimum atomic E-state index is -0.268. The number of nitrogens with zero attached hydrogens (tertiary/aromatic N) is 2. The van der Waals surface area contributed by atoms with Crippen molar-refractivity contribution in [3.8, 4) is 0 Å². The van der Waals surface area contributed by atoms with Gasteiger partial charge < -0.3 is 0 Å². The van der Waals surface area contributed by atoms with E-state index in [0.717, 1.165) is 22.5 Å². The third-order valence-corrected chi connectivity index (χ3v) is 2.82. The maximum Gasteiger partial charge on any atom is 0.123 e. The topological polar surface area (TPSA) is 63.8 Å². The molecule has 0 spiro atoms. The Bertz CT molecular complexity index is 539. The van der Waals surface area contributed by atoms with Gasteiger partial charge in [0.1, 0.15) is 5.82 Å². The highest BCUT2D eigenvalue weighted by Crippen LogP contribution is 2.23. The molecular formula is C13H15FN4. The van der Waals surface area contributed by atoms with Gasteiger partial charge in [-0.3, -0.25) is 5.84 Å². The highest BCUT2D eigenvalue weighted by Gasteiger charge is 2.16. The van der Waals surface area contributed by atoms with E-state index in [2.05, 4.69) is 15.6 Å². The molecule has 0 amide bonds. The third-order valence-electron chi connectivity index (χ3n) is 2.82. The normalized spacial score (nSPS) is 12.4. The van der Waals surface area contributed by atoms with Crippen LogP contribution in [0.3, 0.4) is 0 Å². The van der Waals surface area contributed by atoms with Gasteiger partial charge in [-0.05, 0) is 43.2 Å². The molecule has 0 radical (unpaired) electrons. The minimum Gasteiger partial charge on any atom is -0.271 e. The fourth-order valence-corrected chi connectivity index (χ4v) is 1.88. The highest BCUT2D eigenvalue weighted by molar-refractivity contribution is 5.34. The number of rotatable bonds is 3. The van der Waals surface area contributed by atoms with Gasteiger partial charge >= 0.3 is 0 Å². The number of hydrazine groups is 1. The molecule has 18 heavy (non-hydrogen) atoms. The van der Waals surface area contributed by atoms with E-state index >= 15 is 0 Å². The van der Waals surface area contributed by atoms with Crippen LogP contribution in [0.15, 0.2) is 30.3 Å². The van der Waals surface area contributed by atoms with E-state index in [1.807, 2.05) is 19.9 Å². The molecule has 1 heterocycles. The first-order chi connectivity index (χ1) is 8.61. The van der Waals surface area contributed by atoms with Crippen molar-refractivity contribution in [2.24, 2.45) is 5.84 Å². The molecule has 4 nitrogen and oxygen atoms in total. The van der Waals surface area contributed by atoms with Crippen LogP contribution in [0, 0.1) is 19.7 Å². The van der Waals surface area contributed by atoms with E-state index in [1.54, 1.807) is 12.1 Å². The van der Waals surface area contributed by atoms with Crippen molar-refractivity contribution in [1.29, 1.82) is 0 Å². The van der Waals surface area contributed by atoms with Crippen molar-refractivity contribution in [1.82, 2.24) is 15.6 Å². The number of hydrogen-bond acceptors (Lipinski definition) is 4. The van der Waals surface area contributed by atoms with Crippen LogP contribution < -0.4 is 11.3 Å². The summed E-state index contributed by atoms with van der Waals surface area (Å²) in [7, 11) is 0. The van der Waals surface area contributed by atoms with E-state index in [1.165, 1.54) is 12.1 Å². The van der Waals surface area contributed by atoms with Gasteiger partial charge in [-0.1, -0.05) is 12.1 Å². The summed E-state index contributed by atoms with van der Waals surface area (Å²) in [6.45, 7) is 3.74. The summed E-state index contributed by atoms with van der Waals surface area (Å²) in [5, 5.41) is 8.06. The fourth-order valence-electron chi connectivity index (χ4n) is 1.88. The van der Waals surface area contributed by atoms with E-state index in [4.69, 9.17) is 5.84 Å². The predicted octanol–water partition coefficient (Wildman–Crippen LogP) is 1.79. The third kappa shape index (κ3) is 2.52. The lowest BCUT2D eigenvalue weighted by atomic mass is 9.98. The maximum atomic E-state index is 12.9. The molecule has 0 aliphatic heterocycles. The van der Waals surface area contributed by atoms with Gasteiger partial charge in [0, 0.05) is 0 Å². The second-order valence-corrected chi connectivity index (χ2v) is 4.18. The fraction of sp³-hybridized carbons (Fsp3) is 0.231. The monoisotopic (exact) mass is 246 g/mol. The molecule has 0 saturated carbocycles. The number of benzene rings is 1. The van der Waals surface area contributed by atoms with Crippen LogP contribution in [0.2, 0.25) is 0 Å². The van der Waals surface area contributed by atoms with Crippen LogP contribution in [0.5, 0.6) is 0 Å². The molecule has 0 aliphatic carbocycles. The van der Waals surface area contributed by atoms with Crippen molar-refractivity contribution in [3.63, 3.8) is 0 Å². The summed E-state index contributed by atoms with van der Waals surface area (Å²) in [5.41, 5.74) is 6.17. The molecular weight excluding hydrogens is 231 g/mol. The minimum absolute atomic E-state index is 0.222. The number of aromatic nitrogens is 2. The van der Waals surface area contributed by atoms with Crippen LogP contribution >= 0.6 is 0 Å². The van der Waals surface area contributed by atoms with E-state index in [-0.39, 0.29) is 11.9 Å². The van der Waals surface area contributed by atoms with Crippen molar-refractivity contribution in [2.45, 2.75) is 19.9 Å². The molecule has 5 heteroatoms. The van der Waals surface area contributed by atoms with Gasteiger partial charge in [0.2, 0.25) is 0 Å². The number of hydrogen-bond donors (Lipinski definition) is 2. The lowest BCUT2D eigenvalue weighted by molar-refractivity contribution is 0.611. The van der Waals surface area contributed by atoms with Gasteiger partial charge in [-0.15, -0.1) is 0 Å². The standard InChI is InChI=1S/C13H15FN4/c1-8-7-12(9(2)18-17-8)13(16-15)10-3-5-11(14)6-4-10/h3-7,13,16H,15H2,1-2H3. The second kappa shape index (κ2) is 5.20. The average Bonchev–Trinajstić information content (AvgIpc) is 2.37. The Hall–Kier alpha value is -1.85. The van der Waals surface area contributed by atoms with E-state index in [0.29, 0.717) is 0 Å². The molecule has 0 saturated heterocycles. The molecule has 1 unspecified atom stereocenters. The second-order valence-electron chi connectivity index (χ2n) is 4.18. The molecule has 2 rings (SSSR count). The van der Waals surface area contributed by atoms with E-state index in [9.17, 15) is 4.39 Å². The predicted molar refractivity (Wildman–Crippen MR) is 67.1 cm³/mol. The van der Waals surface area contributed by atoms with Gasteiger partial charge in [-0.25, -0.2) is 9.82 Å². The van der Waals surface area contributed by atoms with Crippen LogP contribution in [-0.2, 0) is 0 Å². The Morgan fingerprint density at radius 1 is 1.17 bits per heavy atom. The lowest BCUT2D eigenvalue weighted by Gasteiger charge is -2.18. The van der Waals surface area contributed by atoms with Gasteiger partial charge in [-0.2, -0.15) is 10.2 Å². The molecule has 1 atom stereocenters. The molecule has 2 aromatic rings. The molecule has 0 fully saturated rings. The first-order valence-electron chi connectivity index (χ1n) is 5.64. The summed E-state index contributed by atoms with van der Waals surface area (Å²) in [6, 6.07) is 7.94. The molecule has 0 bridgehead atoms. The summed E-state index contributed by atoms with van der Waals surface area (Å²) < 4.78 is 12.9. The van der Waals surface area contributed by atoms with E-state index < -0.39 is 0 Å². The Morgan fingerprint density at radius 2 is 1.83 bits per heavy atom. The highest BCUT2D eigenvalue weighted by atomic mass is 19.1. The summed E-state index contributed by atoms with van der Waals surface area (Å²) >= 11 is 0. The Labute approximate surface area is 105 Å². The number of aryl methyl sites for hydroxylation is 2. The summed E-state index contributed by atoms with van der Waals surface area (Å²) in [5.74, 6) is 5.33. The smallest absolute Gasteiger partial charge is 0.123 e. The molecule has 1 aromatic carbocycles. The van der Waals surface area contributed by atoms with Crippen molar-refractivity contribution in [3.05, 3.63) is 58.7 Å². The first kappa shape index (κ1) is 12.6. The van der Waals surface area contributed by atoms with Gasteiger partial charge in [0.15, 0.2) is 0 Å². The molecule has 0 aliphatic rings. The zero-order valence-corrected chi connectivity index (χ0v) is 10.3. The maximum absolute atomic E-state index is 12.9. The number of halogens is 1. The average molecular weight is 246 g/mol. The number of nitrogens with one attached hydrogen (secondary N) is 1. The molecule has 1 aromatic heterocycles. The SMILES string of the molecule is Cc1cc(C(NN)c2ccc(F)cc2)c(C)nn1. The zero-order chi connectivity index (χ0) is 13.1. The Morgan fingerprint density at radius 3 is 2.44 bits per heavy atom. The molecule has 94 valence electrons.